The summed E-state index contributed by atoms with van der Waals surface area (Å²) in [5.41, 5.74) is 7.18. The predicted octanol–water partition coefficient (Wildman–Crippen LogP) is 2.46. The van der Waals surface area contributed by atoms with Crippen LogP contribution in [0.1, 0.15) is 33.6 Å². The highest BCUT2D eigenvalue weighted by Gasteiger charge is 2.26. The zero-order chi connectivity index (χ0) is 26.9. The van der Waals surface area contributed by atoms with E-state index < -0.39 is 23.8 Å². The highest BCUT2D eigenvalue weighted by Crippen LogP contribution is 2.31. The maximum absolute atomic E-state index is 13.0. The van der Waals surface area contributed by atoms with Gasteiger partial charge in [-0.05, 0) is 36.8 Å². The van der Waals surface area contributed by atoms with E-state index in [0.717, 1.165) is 5.69 Å². The number of nitrogens with two attached hydrogens (primary N) is 1. The number of halogens is 2. The number of Topliss-reactive ketones (excluding diaryl/α,β-unsaturated/α-hetero) is 1. The number of rotatable bonds is 10. The maximum atomic E-state index is 13.0. The number of carbonyl (C=O) groups is 4. The van der Waals surface area contributed by atoms with Crippen LogP contribution in [0.5, 0.6) is 0 Å². The number of nitrogens with zero attached hydrogens (tertiary/aromatic N) is 1. The van der Waals surface area contributed by atoms with Gasteiger partial charge in [0.25, 0.3) is 11.8 Å². The van der Waals surface area contributed by atoms with Crippen LogP contribution in [0.25, 0.3) is 0 Å². The molecule has 10 nitrogen and oxygen atoms in total. The number of nitrogens with one attached hydrogen (secondary N) is 2. The lowest BCUT2D eigenvalue weighted by Crippen LogP contribution is -2.42. The second-order valence-corrected chi connectivity index (χ2v) is 9.13. The molecule has 0 aromatic heterocycles. The first-order chi connectivity index (χ1) is 17.7. The fraction of sp³-hybridized carbons (Fsp3) is 0.360. The first-order valence-electron chi connectivity index (χ1n) is 11.6. The van der Waals surface area contributed by atoms with E-state index in [2.05, 4.69) is 10.6 Å². The summed E-state index contributed by atoms with van der Waals surface area (Å²) in [6, 6.07) is 8.47. The number of hydrogen-bond donors (Lipinski definition) is 3. The average Bonchev–Trinajstić information content (AvgIpc) is 2.89. The molecular formula is C25H28Cl2N4O6. The summed E-state index contributed by atoms with van der Waals surface area (Å²) in [7, 11) is 1.17. The van der Waals surface area contributed by atoms with Crippen molar-refractivity contribution in [3.05, 3.63) is 57.6 Å². The van der Waals surface area contributed by atoms with Crippen LogP contribution in [-0.2, 0) is 19.1 Å². The molecule has 2 aromatic carbocycles. The fourth-order valence-corrected chi connectivity index (χ4v) is 4.40. The van der Waals surface area contributed by atoms with E-state index in [1.54, 1.807) is 30.3 Å². The standard InChI is InChI=1S/C25H28Cl2N4O6/c1-36-25(35)21(6-5-18(32)14-29-23(33)15-3-2-4-16(28)11-15)30-24(34)22-19(26)12-17(13-20(22)27)31-7-9-37-10-8-31/h2-4,11-13,21H,5-10,14,28H2,1H3,(H,29,33)(H,30,34)/t21-/m0/s1. The smallest absolute Gasteiger partial charge is 0.328 e. The Hall–Kier alpha value is -3.34. The Morgan fingerprint density at radius 3 is 2.38 bits per heavy atom. The number of benzene rings is 2. The lowest BCUT2D eigenvalue weighted by Gasteiger charge is -2.29. The number of morpholine rings is 1. The van der Waals surface area contributed by atoms with E-state index in [1.165, 1.54) is 13.2 Å². The van der Waals surface area contributed by atoms with Crippen LogP contribution in [0.3, 0.4) is 0 Å². The summed E-state index contributed by atoms with van der Waals surface area (Å²) < 4.78 is 10.1. The van der Waals surface area contributed by atoms with Gasteiger partial charge < -0.3 is 30.7 Å². The average molecular weight is 551 g/mol. The SMILES string of the molecule is COC(=O)[C@H](CCC(=O)CNC(=O)c1cccc(N)c1)NC(=O)c1c(Cl)cc(N2CCOCC2)cc1Cl. The molecule has 1 aliphatic heterocycles. The second kappa shape index (κ2) is 13.3. The van der Waals surface area contributed by atoms with Gasteiger partial charge in [-0.3, -0.25) is 14.4 Å². The van der Waals surface area contributed by atoms with Crippen molar-refractivity contribution in [2.45, 2.75) is 18.9 Å². The molecule has 4 N–H and O–H groups in total. The van der Waals surface area contributed by atoms with E-state index in [4.69, 9.17) is 38.4 Å². The van der Waals surface area contributed by atoms with E-state index in [-0.39, 0.29) is 40.8 Å². The monoisotopic (exact) mass is 550 g/mol. The first-order valence-corrected chi connectivity index (χ1v) is 12.3. The van der Waals surface area contributed by atoms with Crippen molar-refractivity contribution in [2.75, 3.05) is 50.6 Å². The summed E-state index contributed by atoms with van der Waals surface area (Å²) in [5.74, 6) is -2.21. The van der Waals surface area contributed by atoms with Crippen molar-refractivity contribution in [1.82, 2.24) is 10.6 Å². The van der Waals surface area contributed by atoms with E-state index >= 15 is 0 Å². The predicted molar refractivity (Wildman–Crippen MR) is 140 cm³/mol. The van der Waals surface area contributed by atoms with E-state index in [0.29, 0.717) is 37.6 Å². The van der Waals surface area contributed by atoms with Gasteiger partial charge in [0.2, 0.25) is 0 Å². The van der Waals surface area contributed by atoms with Crippen molar-refractivity contribution < 1.29 is 28.7 Å². The minimum absolute atomic E-state index is 0.00923. The molecule has 0 saturated carbocycles. The molecule has 1 heterocycles. The van der Waals surface area contributed by atoms with Crippen molar-refractivity contribution in [2.24, 2.45) is 0 Å². The van der Waals surface area contributed by atoms with Gasteiger partial charge in [-0.1, -0.05) is 29.3 Å². The molecule has 1 fully saturated rings. The van der Waals surface area contributed by atoms with Crippen molar-refractivity contribution in [3.63, 3.8) is 0 Å². The second-order valence-electron chi connectivity index (χ2n) is 8.32. The summed E-state index contributed by atoms with van der Waals surface area (Å²) in [6.45, 7) is 2.21. The molecule has 1 aliphatic rings. The van der Waals surface area contributed by atoms with Gasteiger partial charge in [0.1, 0.15) is 6.04 Å². The van der Waals surface area contributed by atoms with E-state index in [9.17, 15) is 19.2 Å². The number of ketones is 1. The van der Waals surface area contributed by atoms with Gasteiger partial charge in [0.05, 0.1) is 42.5 Å². The highest BCUT2D eigenvalue weighted by molar-refractivity contribution is 6.40. The lowest BCUT2D eigenvalue weighted by atomic mass is 10.1. The van der Waals surface area contributed by atoms with Gasteiger partial charge in [0, 0.05) is 36.4 Å². The van der Waals surface area contributed by atoms with Crippen LogP contribution >= 0.6 is 23.2 Å². The number of nitrogen functional groups attached to an aromatic ring is 1. The maximum Gasteiger partial charge on any atom is 0.328 e. The molecule has 0 radical (unpaired) electrons. The van der Waals surface area contributed by atoms with Gasteiger partial charge in [0.15, 0.2) is 5.78 Å². The normalized spacial score (nSPS) is 14.0. The number of anilines is 2. The van der Waals surface area contributed by atoms with Gasteiger partial charge in [-0.2, -0.15) is 0 Å². The highest BCUT2D eigenvalue weighted by atomic mass is 35.5. The van der Waals surface area contributed by atoms with Crippen molar-refractivity contribution in [3.8, 4) is 0 Å². The minimum Gasteiger partial charge on any atom is -0.467 e. The molecule has 198 valence electrons. The fourth-order valence-electron chi connectivity index (χ4n) is 3.76. The van der Waals surface area contributed by atoms with E-state index in [1.807, 2.05) is 4.90 Å². The number of ether oxygens (including phenoxy) is 2. The quantitative estimate of drug-likeness (QED) is 0.302. The molecule has 1 atom stereocenters. The van der Waals surface area contributed by atoms with Crippen LogP contribution in [0.4, 0.5) is 11.4 Å². The molecule has 37 heavy (non-hydrogen) atoms. The number of esters is 1. The molecule has 0 bridgehead atoms. The number of hydrogen-bond acceptors (Lipinski definition) is 8. The molecule has 0 aliphatic carbocycles. The Labute approximate surface area is 224 Å². The van der Waals surface area contributed by atoms with Crippen LogP contribution in [0, 0.1) is 0 Å². The van der Waals surface area contributed by atoms with Crippen LogP contribution in [-0.4, -0.2) is 69.6 Å². The van der Waals surface area contributed by atoms with Gasteiger partial charge in [-0.15, -0.1) is 0 Å². The third-order valence-corrected chi connectivity index (χ3v) is 6.32. The van der Waals surface area contributed by atoms with Crippen molar-refractivity contribution >= 4 is 58.1 Å². The Kier molecular flexibility index (Phi) is 10.1. The van der Waals surface area contributed by atoms with Crippen LogP contribution < -0.4 is 21.3 Å². The summed E-state index contributed by atoms with van der Waals surface area (Å²) in [5, 5.41) is 5.30. The largest absolute Gasteiger partial charge is 0.467 e. The van der Waals surface area contributed by atoms with Crippen molar-refractivity contribution in [1.29, 1.82) is 0 Å². The summed E-state index contributed by atoms with van der Waals surface area (Å²) in [4.78, 5) is 51.9. The molecule has 3 rings (SSSR count). The molecule has 2 amide bonds. The third-order valence-electron chi connectivity index (χ3n) is 5.73. The van der Waals surface area contributed by atoms with Crippen LogP contribution in [0.15, 0.2) is 36.4 Å². The summed E-state index contributed by atoms with van der Waals surface area (Å²) >= 11 is 12.8. The number of carbonyl (C=O) groups excluding carboxylic acids is 4. The third kappa shape index (κ3) is 7.82. The van der Waals surface area contributed by atoms with Gasteiger partial charge in [-0.25, -0.2) is 4.79 Å². The Morgan fingerprint density at radius 2 is 1.76 bits per heavy atom. The van der Waals surface area contributed by atoms with Gasteiger partial charge >= 0.3 is 5.97 Å². The molecule has 1 saturated heterocycles. The zero-order valence-corrected chi connectivity index (χ0v) is 21.7. The Balaban J connectivity index is 1.59. The number of methoxy groups -OCH3 is 1. The summed E-state index contributed by atoms with van der Waals surface area (Å²) in [6.07, 6.45) is -0.152. The zero-order valence-electron chi connectivity index (χ0n) is 20.2. The number of amides is 2. The Bertz CT molecular complexity index is 1150. The molecule has 12 heteroatoms. The molecular weight excluding hydrogens is 523 g/mol. The molecule has 0 unspecified atom stereocenters. The Morgan fingerprint density at radius 1 is 1.08 bits per heavy atom. The molecule has 2 aromatic rings. The minimum atomic E-state index is -1.13. The molecule has 0 spiro atoms. The van der Waals surface area contributed by atoms with Crippen LogP contribution in [0.2, 0.25) is 10.0 Å². The lowest BCUT2D eigenvalue weighted by molar-refractivity contribution is -0.143. The first kappa shape index (κ1) is 28.2. The topological polar surface area (TPSA) is 140 Å².